The van der Waals surface area contributed by atoms with Gasteiger partial charge in [0.15, 0.2) is 22.2 Å². The topological polar surface area (TPSA) is 138 Å². The highest BCUT2D eigenvalue weighted by molar-refractivity contribution is 7.80. The third-order valence-corrected chi connectivity index (χ3v) is 9.51. The molecule has 0 bridgehead atoms. The highest BCUT2D eigenvalue weighted by Gasteiger charge is 2.52. The van der Waals surface area contributed by atoms with Crippen LogP contribution in [0.2, 0.25) is 0 Å². The highest BCUT2D eigenvalue weighted by atomic mass is 32.2. The molecule has 3 aliphatic carbocycles. The number of carbonyl (C=O) groups is 2. The van der Waals surface area contributed by atoms with Crippen molar-refractivity contribution in [1.29, 1.82) is 0 Å². The molecule has 10 heteroatoms. The second kappa shape index (κ2) is 8.49. The van der Waals surface area contributed by atoms with Crippen molar-refractivity contribution in [2.24, 2.45) is 16.7 Å². The minimum atomic E-state index is -2.17. The zero-order valence-corrected chi connectivity index (χ0v) is 17.3. The number of carboxylic acids is 1. The molecule has 2 spiro atoms. The van der Waals surface area contributed by atoms with Crippen LogP contribution in [0, 0.1) is 16.7 Å². The Morgan fingerprint density at radius 3 is 1.86 bits per heavy atom. The summed E-state index contributed by atoms with van der Waals surface area (Å²) in [6.07, 6.45) is 6.32. The van der Waals surface area contributed by atoms with Gasteiger partial charge in [-0.3, -0.25) is 9.59 Å². The summed E-state index contributed by atoms with van der Waals surface area (Å²) in [6.45, 7) is 0.342. The lowest BCUT2D eigenvalue weighted by atomic mass is 9.54. The Balaban J connectivity index is 1.68. The number of aliphatic carboxylic acids is 1. The molecule has 0 aliphatic heterocycles. The Hall–Kier alpha value is -0.840. The second-order valence-electron chi connectivity index (χ2n) is 8.83. The van der Waals surface area contributed by atoms with E-state index in [1.54, 1.807) is 0 Å². The smallest absolute Gasteiger partial charge is 0.307 e. The maximum Gasteiger partial charge on any atom is 0.307 e. The third-order valence-electron chi connectivity index (χ3n) is 7.51. The Labute approximate surface area is 169 Å². The van der Waals surface area contributed by atoms with Crippen LogP contribution in [0.5, 0.6) is 0 Å². The van der Waals surface area contributed by atoms with Gasteiger partial charge in [-0.2, -0.15) is 0 Å². The normalized spacial score (nSPS) is 43.4. The fourth-order valence-electron chi connectivity index (χ4n) is 5.75. The second-order valence-corrected chi connectivity index (χ2v) is 11.1. The monoisotopic (exact) mass is 436 g/mol. The van der Waals surface area contributed by atoms with Crippen LogP contribution >= 0.6 is 0 Å². The lowest BCUT2D eigenvalue weighted by molar-refractivity contribution is -0.144. The Morgan fingerprint density at radius 2 is 1.39 bits per heavy atom. The van der Waals surface area contributed by atoms with Crippen LogP contribution in [0.3, 0.4) is 0 Å². The van der Waals surface area contributed by atoms with E-state index in [1.807, 2.05) is 0 Å². The molecule has 0 aromatic heterocycles. The molecular formula is C18H28O8S2. The highest BCUT2D eigenvalue weighted by Crippen LogP contribution is 2.58. The summed E-state index contributed by atoms with van der Waals surface area (Å²) in [5.41, 5.74) is -0.196. The summed E-state index contributed by atoms with van der Waals surface area (Å²) in [7, 11) is 0. The average molecular weight is 437 g/mol. The average Bonchev–Trinajstić information content (AvgIpc) is 2.66. The molecule has 3 aliphatic rings. The molecule has 0 saturated heterocycles. The van der Waals surface area contributed by atoms with Crippen molar-refractivity contribution >= 4 is 34.6 Å². The fourth-order valence-corrected chi connectivity index (χ4v) is 7.74. The maximum absolute atomic E-state index is 11.8. The van der Waals surface area contributed by atoms with Gasteiger partial charge in [-0.05, 0) is 75.0 Å². The van der Waals surface area contributed by atoms with Gasteiger partial charge < -0.3 is 18.9 Å². The summed E-state index contributed by atoms with van der Waals surface area (Å²) < 4.78 is 47.9. The molecule has 0 radical (unpaired) electrons. The number of carboxylic acid groups (broad SMARTS) is 1. The lowest BCUT2D eigenvalue weighted by Crippen LogP contribution is -2.49. The Morgan fingerprint density at radius 1 is 0.893 bits per heavy atom. The van der Waals surface area contributed by atoms with Gasteiger partial charge >= 0.3 is 5.97 Å². The molecule has 0 aromatic rings. The van der Waals surface area contributed by atoms with Gasteiger partial charge in [0.2, 0.25) is 0 Å². The summed E-state index contributed by atoms with van der Waals surface area (Å²) in [5.74, 6) is -1.78. The molecule has 0 heterocycles. The van der Waals surface area contributed by atoms with Gasteiger partial charge in [-0.1, -0.05) is 0 Å². The van der Waals surface area contributed by atoms with Crippen molar-refractivity contribution in [3.63, 3.8) is 0 Å². The van der Waals surface area contributed by atoms with E-state index in [0.29, 0.717) is 32.2 Å². The molecule has 3 saturated carbocycles. The number of hydrogen-bond donors (Lipinski definition) is 3. The minimum absolute atomic E-state index is 0.0748. The van der Waals surface area contributed by atoms with Gasteiger partial charge in [-0.25, -0.2) is 8.42 Å². The van der Waals surface area contributed by atoms with Crippen molar-refractivity contribution in [3.8, 4) is 0 Å². The van der Waals surface area contributed by atoms with Gasteiger partial charge in [-0.15, -0.1) is 0 Å². The predicted octanol–water partition coefficient (Wildman–Crippen LogP) is 2.32. The van der Waals surface area contributed by atoms with E-state index in [-0.39, 0.29) is 10.8 Å². The standard InChI is InChI=1S/C18H28O8S2/c19-11-26-13-2-4-18(10-15(13)28(24)25)7-5-17(6-8-18)3-1-12(16(20)21)14(9-17)27(22)23/h11-15H,1-10H2,(H,20,21)(H,22,23)(H,24,25). The lowest BCUT2D eigenvalue weighted by Gasteiger charge is -2.53. The van der Waals surface area contributed by atoms with Gasteiger partial charge in [0.25, 0.3) is 6.47 Å². The summed E-state index contributed by atoms with van der Waals surface area (Å²) in [5, 5.41) is 8.03. The first-order valence-electron chi connectivity index (χ1n) is 9.72. The van der Waals surface area contributed by atoms with Crippen LogP contribution in [0.25, 0.3) is 0 Å². The van der Waals surface area contributed by atoms with Crippen molar-refractivity contribution in [1.82, 2.24) is 0 Å². The van der Waals surface area contributed by atoms with Gasteiger partial charge in [0.05, 0.1) is 16.4 Å². The summed E-state index contributed by atoms with van der Waals surface area (Å²) >= 11 is -4.24. The fraction of sp³-hybridized carbons (Fsp3) is 0.889. The largest absolute Gasteiger partial charge is 0.481 e. The predicted molar refractivity (Wildman–Crippen MR) is 102 cm³/mol. The molecule has 160 valence electrons. The number of ether oxygens (including phenoxy) is 1. The van der Waals surface area contributed by atoms with E-state index in [2.05, 4.69) is 0 Å². The van der Waals surface area contributed by atoms with E-state index in [0.717, 1.165) is 38.5 Å². The molecule has 28 heavy (non-hydrogen) atoms. The third kappa shape index (κ3) is 4.34. The molecule has 6 unspecified atom stereocenters. The molecule has 3 rings (SSSR count). The van der Waals surface area contributed by atoms with Crippen LogP contribution < -0.4 is 0 Å². The van der Waals surface area contributed by atoms with Crippen LogP contribution in [-0.2, 0) is 36.5 Å². The molecule has 0 aromatic carbocycles. The molecular weight excluding hydrogens is 408 g/mol. The van der Waals surface area contributed by atoms with Crippen LogP contribution in [0.1, 0.15) is 64.2 Å². The maximum atomic E-state index is 11.8. The Bertz CT molecular complexity index is 658. The van der Waals surface area contributed by atoms with Crippen LogP contribution in [-0.4, -0.2) is 51.7 Å². The van der Waals surface area contributed by atoms with Gasteiger partial charge in [0, 0.05) is 0 Å². The molecule has 6 atom stereocenters. The van der Waals surface area contributed by atoms with Crippen molar-refractivity contribution in [2.45, 2.75) is 80.8 Å². The molecule has 3 N–H and O–H groups in total. The van der Waals surface area contributed by atoms with E-state index in [1.165, 1.54) is 0 Å². The van der Waals surface area contributed by atoms with E-state index in [4.69, 9.17) is 4.74 Å². The SMILES string of the molecule is O=COC1CCC2(CCC3(CCC(C(=O)O)C(S(=O)O)C3)CC2)CC1S(=O)O. The van der Waals surface area contributed by atoms with E-state index < -0.39 is 50.7 Å². The number of rotatable bonds is 5. The summed E-state index contributed by atoms with van der Waals surface area (Å²) in [4.78, 5) is 22.1. The first kappa shape index (κ1) is 21.9. The van der Waals surface area contributed by atoms with Gasteiger partial charge in [0.1, 0.15) is 6.10 Å². The van der Waals surface area contributed by atoms with Crippen molar-refractivity contribution in [2.75, 3.05) is 0 Å². The van der Waals surface area contributed by atoms with Crippen LogP contribution in [0.4, 0.5) is 0 Å². The zero-order chi connectivity index (χ0) is 20.5. The van der Waals surface area contributed by atoms with Crippen LogP contribution in [0.15, 0.2) is 0 Å². The van der Waals surface area contributed by atoms with Crippen molar-refractivity contribution < 1.29 is 37.0 Å². The number of hydrogen-bond acceptors (Lipinski definition) is 5. The first-order chi connectivity index (χ1) is 13.2. The van der Waals surface area contributed by atoms with E-state index >= 15 is 0 Å². The number of carbonyl (C=O) groups excluding carboxylic acids is 1. The quantitative estimate of drug-likeness (QED) is 0.441. The first-order valence-corrected chi connectivity index (χ1v) is 12.1. The zero-order valence-electron chi connectivity index (χ0n) is 15.7. The summed E-state index contributed by atoms with van der Waals surface area (Å²) in [6, 6.07) is 0. The molecule has 8 nitrogen and oxygen atoms in total. The molecule has 3 fully saturated rings. The van der Waals surface area contributed by atoms with Crippen molar-refractivity contribution in [3.05, 3.63) is 0 Å². The Kier molecular flexibility index (Phi) is 6.63. The minimum Gasteiger partial charge on any atom is -0.481 e. The molecule has 0 amide bonds. The van der Waals surface area contributed by atoms with E-state index in [9.17, 15) is 32.2 Å².